The Balaban J connectivity index is 2.32. The molecule has 19 heavy (non-hydrogen) atoms. The van der Waals surface area contributed by atoms with Gasteiger partial charge in [-0.05, 0) is 35.0 Å². The molecule has 3 nitrogen and oxygen atoms in total. The smallest absolute Gasteiger partial charge is 0.143 e. The number of aliphatic hydroxyl groups excluding tert-OH is 1. The third-order valence-electron chi connectivity index (χ3n) is 3.17. The Morgan fingerprint density at radius 3 is 2.68 bits per heavy atom. The summed E-state index contributed by atoms with van der Waals surface area (Å²) in [6.45, 7) is 1.79. The minimum absolute atomic E-state index is 0.134. The first-order valence-corrected chi connectivity index (χ1v) is 6.50. The van der Waals surface area contributed by atoms with Crippen LogP contribution in [0, 0.1) is 18.6 Å². The SMILES string of the molecule is Cc1c(C(O)Cc2c(F)ccc(Br)c2F)cnn1C. The van der Waals surface area contributed by atoms with Crippen molar-refractivity contribution in [3.05, 3.63) is 51.3 Å². The van der Waals surface area contributed by atoms with Crippen LogP contribution < -0.4 is 0 Å². The number of rotatable bonds is 3. The highest BCUT2D eigenvalue weighted by molar-refractivity contribution is 9.10. The van der Waals surface area contributed by atoms with E-state index in [2.05, 4.69) is 21.0 Å². The van der Waals surface area contributed by atoms with Crippen molar-refractivity contribution in [3.8, 4) is 0 Å². The Labute approximate surface area is 118 Å². The van der Waals surface area contributed by atoms with Gasteiger partial charge in [-0.2, -0.15) is 5.10 Å². The summed E-state index contributed by atoms with van der Waals surface area (Å²) in [6, 6.07) is 2.47. The molecule has 0 aliphatic rings. The molecule has 0 radical (unpaired) electrons. The van der Waals surface area contributed by atoms with Gasteiger partial charge in [0.2, 0.25) is 0 Å². The average Bonchev–Trinajstić information content (AvgIpc) is 2.70. The van der Waals surface area contributed by atoms with Gasteiger partial charge >= 0.3 is 0 Å². The maximum atomic E-state index is 13.8. The molecule has 1 N–H and O–H groups in total. The number of aromatic nitrogens is 2. The molecule has 6 heteroatoms. The molecular weight excluding hydrogens is 318 g/mol. The van der Waals surface area contributed by atoms with E-state index in [1.54, 1.807) is 18.7 Å². The van der Waals surface area contributed by atoms with Gasteiger partial charge in [0.1, 0.15) is 11.6 Å². The van der Waals surface area contributed by atoms with Crippen molar-refractivity contribution in [1.82, 2.24) is 9.78 Å². The van der Waals surface area contributed by atoms with Gasteiger partial charge in [-0.15, -0.1) is 0 Å². The van der Waals surface area contributed by atoms with Gasteiger partial charge in [-0.25, -0.2) is 8.78 Å². The summed E-state index contributed by atoms with van der Waals surface area (Å²) in [4.78, 5) is 0. The second-order valence-electron chi connectivity index (χ2n) is 4.35. The molecule has 0 aliphatic carbocycles. The van der Waals surface area contributed by atoms with Crippen molar-refractivity contribution in [2.75, 3.05) is 0 Å². The van der Waals surface area contributed by atoms with E-state index in [0.29, 0.717) is 5.56 Å². The fourth-order valence-electron chi connectivity index (χ4n) is 1.90. The number of aliphatic hydroxyl groups is 1. The largest absolute Gasteiger partial charge is 0.388 e. The van der Waals surface area contributed by atoms with Gasteiger partial charge < -0.3 is 5.11 Å². The molecular formula is C13H13BrF2N2O. The Hall–Kier alpha value is -1.27. The monoisotopic (exact) mass is 330 g/mol. The van der Waals surface area contributed by atoms with Crippen molar-refractivity contribution in [2.45, 2.75) is 19.4 Å². The molecule has 2 aromatic rings. The molecule has 2 rings (SSSR count). The Morgan fingerprint density at radius 2 is 2.11 bits per heavy atom. The molecule has 0 bridgehead atoms. The molecule has 0 saturated heterocycles. The first-order chi connectivity index (χ1) is 8.91. The van der Waals surface area contributed by atoms with Gasteiger partial charge in [0.05, 0.1) is 16.8 Å². The first-order valence-electron chi connectivity index (χ1n) is 5.70. The van der Waals surface area contributed by atoms with Crippen LogP contribution in [0.3, 0.4) is 0 Å². The van der Waals surface area contributed by atoms with Crippen LogP contribution >= 0.6 is 15.9 Å². The highest BCUT2D eigenvalue weighted by atomic mass is 79.9. The van der Waals surface area contributed by atoms with E-state index in [-0.39, 0.29) is 16.5 Å². The molecule has 1 heterocycles. The zero-order valence-corrected chi connectivity index (χ0v) is 12.1. The summed E-state index contributed by atoms with van der Waals surface area (Å²) in [5, 5.41) is 14.1. The fourth-order valence-corrected chi connectivity index (χ4v) is 2.27. The first kappa shape index (κ1) is 14.1. The van der Waals surface area contributed by atoms with Crippen LogP contribution in [-0.4, -0.2) is 14.9 Å². The lowest BCUT2D eigenvalue weighted by Gasteiger charge is -2.12. The lowest BCUT2D eigenvalue weighted by molar-refractivity contribution is 0.174. The van der Waals surface area contributed by atoms with E-state index in [4.69, 9.17) is 0 Å². The predicted molar refractivity (Wildman–Crippen MR) is 70.7 cm³/mol. The number of hydrogen-bond acceptors (Lipinski definition) is 2. The lowest BCUT2D eigenvalue weighted by Crippen LogP contribution is -2.07. The quantitative estimate of drug-likeness (QED) is 0.878. The van der Waals surface area contributed by atoms with Crippen LogP contribution in [0.5, 0.6) is 0 Å². The normalized spacial score (nSPS) is 12.7. The summed E-state index contributed by atoms with van der Waals surface area (Å²) in [7, 11) is 1.74. The molecule has 1 atom stereocenters. The number of halogens is 3. The summed E-state index contributed by atoms with van der Waals surface area (Å²) < 4.78 is 29.2. The molecule has 102 valence electrons. The minimum Gasteiger partial charge on any atom is -0.388 e. The minimum atomic E-state index is -0.994. The van der Waals surface area contributed by atoms with Gasteiger partial charge in [-0.1, -0.05) is 0 Å². The highest BCUT2D eigenvalue weighted by Crippen LogP contribution is 2.27. The Morgan fingerprint density at radius 1 is 1.42 bits per heavy atom. The highest BCUT2D eigenvalue weighted by Gasteiger charge is 2.20. The maximum absolute atomic E-state index is 13.8. The average molecular weight is 331 g/mol. The van der Waals surface area contributed by atoms with Crippen molar-refractivity contribution >= 4 is 15.9 Å². The van der Waals surface area contributed by atoms with E-state index in [1.807, 2.05) is 0 Å². The van der Waals surface area contributed by atoms with Crippen LogP contribution in [0.2, 0.25) is 0 Å². The molecule has 0 saturated carbocycles. The Kier molecular flexibility index (Phi) is 4.01. The lowest BCUT2D eigenvalue weighted by atomic mass is 10.0. The van der Waals surface area contributed by atoms with Gasteiger partial charge in [0, 0.05) is 30.3 Å². The van der Waals surface area contributed by atoms with E-state index < -0.39 is 17.7 Å². The third-order valence-corrected chi connectivity index (χ3v) is 3.78. The number of hydrogen-bond donors (Lipinski definition) is 1. The number of benzene rings is 1. The van der Waals surface area contributed by atoms with Gasteiger partial charge in [0.25, 0.3) is 0 Å². The van der Waals surface area contributed by atoms with Crippen molar-refractivity contribution < 1.29 is 13.9 Å². The third kappa shape index (κ3) is 2.69. The molecule has 0 fully saturated rings. The summed E-state index contributed by atoms with van der Waals surface area (Å²) >= 11 is 3.01. The van der Waals surface area contributed by atoms with Crippen LogP contribution in [0.25, 0.3) is 0 Å². The van der Waals surface area contributed by atoms with Crippen LogP contribution in [0.15, 0.2) is 22.8 Å². The van der Waals surface area contributed by atoms with E-state index in [0.717, 1.165) is 5.69 Å². The number of nitrogens with zero attached hydrogens (tertiary/aromatic N) is 2. The van der Waals surface area contributed by atoms with E-state index in [9.17, 15) is 13.9 Å². The Bertz CT molecular complexity index is 613. The maximum Gasteiger partial charge on any atom is 0.143 e. The van der Waals surface area contributed by atoms with Crippen molar-refractivity contribution in [1.29, 1.82) is 0 Å². The van der Waals surface area contributed by atoms with Gasteiger partial charge in [-0.3, -0.25) is 4.68 Å². The van der Waals surface area contributed by atoms with Crippen LogP contribution in [0.1, 0.15) is 22.9 Å². The van der Waals surface area contributed by atoms with Crippen molar-refractivity contribution in [2.24, 2.45) is 7.05 Å². The fraction of sp³-hybridized carbons (Fsp3) is 0.308. The molecule has 0 amide bonds. The zero-order valence-electron chi connectivity index (χ0n) is 10.5. The van der Waals surface area contributed by atoms with E-state index in [1.165, 1.54) is 18.3 Å². The second kappa shape index (κ2) is 5.38. The van der Waals surface area contributed by atoms with Crippen molar-refractivity contribution in [3.63, 3.8) is 0 Å². The predicted octanol–water partition coefficient (Wildman–Crippen LogP) is 3.05. The topological polar surface area (TPSA) is 38.1 Å². The van der Waals surface area contributed by atoms with Crippen LogP contribution in [0.4, 0.5) is 8.78 Å². The zero-order chi connectivity index (χ0) is 14.2. The van der Waals surface area contributed by atoms with Crippen LogP contribution in [-0.2, 0) is 13.5 Å². The molecule has 0 aliphatic heterocycles. The summed E-state index contributed by atoms with van der Waals surface area (Å²) in [5.74, 6) is -1.35. The molecule has 1 aromatic carbocycles. The standard InChI is InChI=1S/C13H13BrF2N2O/c1-7-9(6-17-18(7)2)12(19)5-8-11(15)4-3-10(14)13(8)16/h3-4,6,12,19H,5H2,1-2H3. The molecule has 1 unspecified atom stereocenters. The van der Waals surface area contributed by atoms with E-state index >= 15 is 0 Å². The second-order valence-corrected chi connectivity index (χ2v) is 5.20. The molecule has 1 aromatic heterocycles. The van der Waals surface area contributed by atoms with Gasteiger partial charge in [0.15, 0.2) is 0 Å². The number of aryl methyl sites for hydroxylation is 1. The summed E-state index contributed by atoms with van der Waals surface area (Å²) in [5.41, 5.74) is 1.20. The molecule has 0 spiro atoms. The summed E-state index contributed by atoms with van der Waals surface area (Å²) in [6.07, 6.45) is 0.379.